The van der Waals surface area contributed by atoms with E-state index in [0.717, 1.165) is 32.1 Å². The molecule has 150 valence electrons. The zero-order chi connectivity index (χ0) is 19.5. The van der Waals surface area contributed by atoms with Gasteiger partial charge in [-0.1, -0.05) is 71.6 Å². The maximum Gasteiger partial charge on any atom is 0.305 e. The minimum atomic E-state index is -0.919. The third-order valence-corrected chi connectivity index (χ3v) is 3.85. The van der Waals surface area contributed by atoms with Crippen LogP contribution in [0.15, 0.2) is 0 Å². The SMILES string of the molecule is CCCCCCC(O)CC(=O)O.CCCCCCCC(O)CC(=O)O. The van der Waals surface area contributed by atoms with Gasteiger partial charge in [0.05, 0.1) is 25.0 Å². The number of unbranched alkanes of at least 4 members (excludes halogenated alkanes) is 7. The summed E-state index contributed by atoms with van der Waals surface area (Å²) in [5.74, 6) is -1.83. The molecule has 2 atom stereocenters. The fourth-order valence-corrected chi connectivity index (χ4v) is 2.40. The first-order valence-corrected chi connectivity index (χ1v) is 9.63. The Morgan fingerprint density at radius 3 is 1.28 bits per heavy atom. The van der Waals surface area contributed by atoms with Gasteiger partial charge in [-0.2, -0.15) is 0 Å². The molecule has 0 aromatic carbocycles. The normalized spacial score (nSPS) is 12.8. The monoisotopic (exact) mass is 362 g/mol. The van der Waals surface area contributed by atoms with Crippen LogP contribution in [-0.4, -0.2) is 44.6 Å². The van der Waals surface area contributed by atoms with Gasteiger partial charge in [-0.3, -0.25) is 9.59 Å². The van der Waals surface area contributed by atoms with Crippen LogP contribution in [0.1, 0.15) is 97.3 Å². The average Bonchev–Trinajstić information content (AvgIpc) is 2.50. The van der Waals surface area contributed by atoms with Crippen LogP contribution in [0.3, 0.4) is 0 Å². The molecule has 0 aromatic rings. The van der Waals surface area contributed by atoms with Crippen molar-refractivity contribution >= 4 is 11.9 Å². The van der Waals surface area contributed by atoms with Crippen molar-refractivity contribution in [2.45, 2.75) is 110 Å². The van der Waals surface area contributed by atoms with Crippen molar-refractivity contribution in [2.75, 3.05) is 0 Å². The Hall–Kier alpha value is -1.14. The summed E-state index contributed by atoms with van der Waals surface area (Å²) in [6, 6.07) is 0. The van der Waals surface area contributed by atoms with Crippen LogP contribution in [-0.2, 0) is 9.59 Å². The zero-order valence-corrected chi connectivity index (χ0v) is 16.0. The quantitative estimate of drug-likeness (QED) is 0.328. The molecule has 0 bridgehead atoms. The van der Waals surface area contributed by atoms with Crippen LogP contribution in [0, 0.1) is 0 Å². The number of aliphatic hydroxyl groups excluding tert-OH is 2. The molecule has 0 aliphatic heterocycles. The Labute approximate surface area is 152 Å². The first-order valence-electron chi connectivity index (χ1n) is 9.63. The van der Waals surface area contributed by atoms with Crippen LogP contribution in [0.4, 0.5) is 0 Å². The maximum atomic E-state index is 10.2. The lowest BCUT2D eigenvalue weighted by molar-refractivity contribution is -0.140. The number of hydrogen-bond donors (Lipinski definition) is 4. The summed E-state index contributed by atoms with van der Waals surface area (Å²) in [6.45, 7) is 4.27. The molecule has 0 rings (SSSR count). The van der Waals surface area contributed by atoms with Crippen molar-refractivity contribution in [3.8, 4) is 0 Å². The largest absolute Gasteiger partial charge is 0.481 e. The third-order valence-electron chi connectivity index (χ3n) is 3.85. The number of rotatable bonds is 15. The van der Waals surface area contributed by atoms with E-state index in [1.54, 1.807) is 0 Å². The topological polar surface area (TPSA) is 115 Å². The second kappa shape index (κ2) is 19.2. The molecule has 25 heavy (non-hydrogen) atoms. The number of carboxylic acid groups (broad SMARTS) is 2. The van der Waals surface area contributed by atoms with E-state index in [1.807, 2.05) is 0 Å². The summed E-state index contributed by atoms with van der Waals surface area (Å²) in [6.07, 6.45) is 9.72. The standard InChI is InChI=1S/C10H20O3.C9H18O3/c1-2-3-4-5-6-7-9(11)8-10(12)13;1-2-3-4-5-6-8(10)7-9(11)12/h9,11H,2-8H2,1H3,(H,12,13);8,10H,2-7H2,1H3,(H,11,12). The Balaban J connectivity index is 0. The van der Waals surface area contributed by atoms with E-state index < -0.39 is 24.1 Å². The molecule has 0 spiro atoms. The predicted octanol–water partition coefficient (Wildman–Crippen LogP) is 3.97. The first-order chi connectivity index (χ1) is 11.8. The molecular weight excluding hydrogens is 324 g/mol. The van der Waals surface area contributed by atoms with E-state index >= 15 is 0 Å². The fraction of sp³-hybridized carbons (Fsp3) is 0.895. The second-order valence-electron chi connectivity index (χ2n) is 6.56. The number of hydrogen-bond acceptors (Lipinski definition) is 4. The summed E-state index contributed by atoms with van der Waals surface area (Å²) in [5.41, 5.74) is 0. The summed E-state index contributed by atoms with van der Waals surface area (Å²) in [4.78, 5) is 20.3. The van der Waals surface area contributed by atoms with E-state index in [2.05, 4.69) is 13.8 Å². The Bertz CT molecular complexity index is 319. The number of aliphatic carboxylic acids is 2. The maximum absolute atomic E-state index is 10.2. The molecule has 0 saturated heterocycles. The molecule has 2 unspecified atom stereocenters. The van der Waals surface area contributed by atoms with Crippen molar-refractivity contribution in [1.29, 1.82) is 0 Å². The van der Waals surface area contributed by atoms with Gasteiger partial charge in [0, 0.05) is 0 Å². The molecule has 0 aromatic heterocycles. The molecule has 0 amide bonds. The van der Waals surface area contributed by atoms with E-state index in [-0.39, 0.29) is 12.8 Å². The van der Waals surface area contributed by atoms with Gasteiger partial charge in [0.2, 0.25) is 0 Å². The summed E-state index contributed by atoms with van der Waals surface area (Å²) >= 11 is 0. The highest BCUT2D eigenvalue weighted by molar-refractivity contribution is 5.67. The molecule has 0 fully saturated rings. The number of aliphatic hydroxyl groups is 2. The average molecular weight is 363 g/mol. The highest BCUT2D eigenvalue weighted by atomic mass is 16.4. The first kappa shape index (κ1) is 26.1. The molecule has 0 radical (unpaired) electrons. The Kier molecular flexibility index (Phi) is 20.0. The van der Waals surface area contributed by atoms with Crippen molar-refractivity contribution in [3.63, 3.8) is 0 Å². The smallest absolute Gasteiger partial charge is 0.305 e. The molecule has 6 heteroatoms. The van der Waals surface area contributed by atoms with E-state index in [4.69, 9.17) is 15.3 Å². The molecular formula is C19H38O6. The fourth-order valence-electron chi connectivity index (χ4n) is 2.40. The lowest BCUT2D eigenvalue weighted by Crippen LogP contribution is -2.12. The number of carboxylic acids is 2. The van der Waals surface area contributed by atoms with E-state index in [9.17, 15) is 14.7 Å². The third kappa shape index (κ3) is 25.2. The van der Waals surface area contributed by atoms with Gasteiger partial charge in [-0.15, -0.1) is 0 Å². The van der Waals surface area contributed by atoms with E-state index in [1.165, 1.54) is 25.7 Å². The highest BCUT2D eigenvalue weighted by Crippen LogP contribution is 2.09. The van der Waals surface area contributed by atoms with Gasteiger partial charge >= 0.3 is 11.9 Å². The molecule has 6 nitrogen and oxygen atoms in total. The van der Waals surface area contributed by atoms with Gasteiger partial charge in [0.25, 0.3) is 0 Å². The van der Waals surface area contributed by atoms with Crippen molar-refractivity contribution < 1.29 is 30.0 Å². The van der Waals surface area contributed by atoms with Crippen LogP contribution < -0.4 is 0 Å². The van der Waals surface area contributed by atoms with Crippen molar-refractivity contribution in [2.24, 2.45) is 0 Å². The lowest BCUT2D eigenvalue weighted by atomic mass is 10.1. The van der Waals surface area contributed by atoms with Gasteiger partial charge < -0.3 is 20.4 Å². The highest BCUT2D eigenvalue weighted by Gasteiger charge is 2.08. The second-order valence-corrected chi connectivity index (χ2v) is 6.56. The number of carbonyl (C=O) groups is 2. The van der Waals surface area contributed by atoms with Crippen LogP contribution in [0.2, 0.25) is 0 Å². The summed E-state index contributed by atoms with van der Waals surface area (Å²) in [7, 11) is 0. The van der Waals surface area contributed by atoms with Gasteiger partial charge in [0.15, 0.2) is 0 Å². The van der Waals surface area contributed by atoms with Gasteiger partial charge in [0.1, 0.15) is 0 Å². The predicted molar refractivity (Wildman–Crippen MR) is 98.7 cm³/mol. The lowest BCUT2D eigenvalue weighted by Gasteiger charge is -2.06. The molecule has 0 saturated carbocycles. The van der Waals surface area contributed by atoms with Crippen LogP contribution in [0.25, 0.3) is 0 Å². The van der Waals surface area contributed by atoms with E-state index in [0.29, 0.717) is 12.8 Å². The van der Waals surface area contributed by atoms with Crippen molar-refractivity contribution in [3.05, 3.63) is 0 Å². The molecule has 4 N–H and O–H groups in total. The Morgan fingerprint density at radius 1 is 0.640 bits per heavy atom. The van der Waals surface area contributed by atoms with Crippen LogP contribution in [0.5, 0.6) is 0 Å². The summed E-state index contributed by atoms with van der Waals surface area (Å²) < 4.78 is 0. The Morgan fingerprint density at radius 2 is 0.960 bits per heavy atom. The zero-order valence-electron chi connectivity index (χ0n) is 16.0. The molecule has 0 heterocycles. The minimum Gasteiger partial charge on any atom is -0.481 e. The molecule has 0 aliphatic carbocycles. The summed E-state index contributed by atoms with van der Waals surface area (Å²) in [5, 5.41) is 35.0. The van der Waals surface area contributed by atoms with Gasteiger partial charge in [-0.05, 0) is 12.8 Å². The van der Waals surface area contributed by atoms with Crippen LogP contribution >= 0.6 is 0 Å². The molecule has 0 aliphatic rings. The van der Waals surface area contributed by atoms with Crippen molar-refractivity contribution in [1.82, 2.24) is 0 Å². The van der Waals surface area contributed by atoms with Gasteiger partial charge in [-0.25, -0.2) is 0 Å². The minimum absolute atomic E-state index is 0.117.